The van der Waals surface area contributed by atoms with Crippen molar-refractivity contribution < 1.29 is 14.3 Å². The molecule has 0 aromatic rings. The van der Waals surface area contributed by atoms with Crippen LogP contribution in [0.3, 0.4) is 0 Å². The molecular weight excluding hydrogens is 192 g/mol. The largest absolute Gasteiger partial charge is 0.459 e. The number of esters is 1. The van der Waals surface area contributed by atoms with E-state index < -0.39 is 0 Å². The molecule has 0 amide bonds. The highest BCUT2D eigenvalue weighted by Gasteiger charge is 2.76. The lowest BCUT2D eigenvalue weighted by Gasteiger charge is -2.25. The number of fused-ring (bicyclic) bond motifs is 5. The van der Waals surface area contributed by atoms with Crippen molar-refractivity contribution in [2.75, 3.05) is 0 Å². The first-order chi connectivity index (χ1) is 6.93. The maximum absolute atomic E-state index is 12.1. The van der Waals surface area contributed by atoms with E-state index in [1.54, 1.807) is 0 Å². The standard InChI is InChI=1S/C12H18O3/c1-11(2,3)15-10(13)12-6-7(12)8-4-5-9(12)14-8/h7-9H,4-6H2,1-3H3/t7?,8-,9+,12+/m0/s1. The Hall–Kier alpha value is -0.570. The third-order valence-corrected chi connectivity index (χ3v) is 3.91. The van der Waals surface area contributed by atoms with E-state index in [9.17, 15) is 4.79 Å². The normalized spacial score (nSPS) is 46.5. The molecule has 3 rings (SSSR count). The summed E-state index contributed by atoms with van der Waals surface area (Å²) < 4.78 is 11.3. The zero-order valence-corrected chi connectivity index (χ0v) is 9.58. The van der Waals surface area contributed by atoms with Crippen molar-refractivity contribution in [2.24, 2.45) is 11.3 Å². The van der Waals surface area contributed by atoms with E-state index in [2.05, 4.69) is 0 Å². The summed E-state index contributed by atoms with van der Waals surface area (Å²) in [5, 5.41) is 0. The van der Waals surface area contributed by atoms with Crippen LogP contribution in [0.5, 0.6) is 0 Å². The lowest BCUT2D eigenvalue weighted by atomic mass is 9.88. The van der Waals surface area contributed by atoms with Gasteiger partial charge in [-0.2, -0.15) is 0 Å². The van der Waals surface area contributed by atoms with Crippen molar-refractivity contribution in [1.29, 1.82) is 0 Å². The Labute approximate surface area is 90.1 Å². The molecule has 0 N–H and O–H groups in total. The van der Waals surface area contributed by atoms with Gasteiger partial charge in [0.2, 0.25) is 0 Å². The molecule has 1 unspecified atom stereocenters. The average Bonchev–Trinajstić information content (AvgIpc) is 2.61. The second-order valence-electron chi connectivity index (χ2n) is 6.09. The minimum atomic E-state index is -0.374. The molecule has 4 atom stereocenters. The summed E-state index contributed by atoms with van der Waals surface area (Å²) in [6.07, 6.45) is 3.68. The van der Waals surface area contributed by atoms with Gasteiger partial charge in [-0.05, 0) is 40.0 Å². The number of rotatable bonds is 1. The molecule has 3 nitrogen and oxygen atoms in total. The van der Waals surface area contributed by atoms with Gasteiger partial charge in [-0.3, -0.25) is 4.79 Å². The highest BCUT2D eigenvalue weighted by atomic mass is 16.6. The van der Waals surface area contributed by atoms with Crippen molar-refractivity contribution in [1.82, 2.24) is 0 Å². The van der Waals surface area contributed by atoms with Crippen LogP contribution in [0.25, 0.3) is 0 Å². The van der Waals surface area contributed by atoms with E-state index in [-0.39, 0.29) is 23.1 Å². The summed E-state index contributed by atoms with van der Waals surface area (Å²) in [5.74, 6) is 0.443. The molecule has 2 aliphatic heterocycles. The molecule has 2 saturated heterocycles. The zero-order valence-electron chi connectivity index (χ0n) is 9.58. The van der Waals surface area contributed by atoms with E-state index >= 15 is 0 Å². The zero-order chi connectivity index (χ0) is 10.8. The molecule has 0 spiro atoms. The van der Waals surface area contributed by atoms with Crippen molar-refractivity contribution in [2.45, 2.75) is 57.8 Å². The van der Waals surface area contributed by atoms with Crippen molar-refractivity contribution in [3.05, 3.63) is 0 Å². The Morgan fingerprint density at radius 1 is 1.40 bits per heavy atom. The van der Waals surface area contributed by atoms with Crippen molar-refractivity contribution in [3.63, 3.8) is 0 Å². The van der Waals surface area contributed by atoms with Gasteiger partial charge in [0.05, 0.1) is 17.6 Å². The lowest BCUT2D eigenvalue weighted by molar-refractivity contribution is -0.165. The Kier molecular flexibility index (Phi) is 1.65. The first-order valence-corrected chi connectivity index (χ1v) is 5.82. The highest BCUT2D eigenvalue weighted by molar-refractivity contribution is 5.83. The van der Waals surface area contributed by atoms with E-state index in [0.717, 1.165) is 19.3 Å². The Morgan fingerprint density at radius 2 is 2.13 bits per heavy atom. The summed E-state index contributed by atoms with van der Waals surface area (Å²) in [5.41, 5.74) is -0.614. The van der Waals surface area contributed by atoms with Crippen LogP contribution in [0, 0.1) is 11.3 Å². The van der Waals surface area contributed by atoms with Gasteiger partial charge in [0.25, 0.3) is 0 Å². The molecule has 84 valence electrons. The number of hydrogen-bond acceptors (Lipinski definition) is 3. The molecule has 2 heterocycles. The average molecular weight is 210 g/mol. The predicted octanol–water partition coefficient (Wildman–Crippen LogP) is 1.90. The van der Waals surface area contributed by atoms with Crippen molar-refractivity contribution in [3.8, 4) is 0 Å². The van der Waals surface area contributed by atoms with Gasteiger partial charge in [0, 0.05) is 5.92 Å². The Balaban J connectivity index is 1.77. The molecule has 0 aromatic heterocycles. The molecule has 1 saturated carbocycles. The third-order valence-electron chi connectivity index (χ3n) is 3.91. The summed E-state index contributed by atoms with van der Waals surface area (Å²) in [6.45, 7) is 5.77. The van der Waals surface area contributed by atoms with Crippen LogP contribution in [0.2, 0.25) is 0 Å². The van der Waals surface area contributed by atoms with Gasteiger partial charge in [0.15, 0.2) is 0 Å². The van der Waals surface area contributed by atoms with Crippen LogP contribution in [0.1, 0.15) is 40.0 Å². The number of hydrogen-bond donors (Lipinski definition) is 0. The smallest absolute Gasteiger partial charge is 0.315 e. The predicted molar refractivity (Wildman–Crippen MR) is 54.3 cm³/mol. The van der Waals surface area contributed by atoms with Gasteiger partial charge in [-0.15, -0.1) is 0 Å². The third kappa shape index (κ3) is 1.19. The van der Waals surface area contributed by atoms with Crippen LogP contribution >= 0.6 is 0 Å². The van der Waals surface area contributed by atoms with Gasteiger partial charge in [-0.25, -0.2) is 0 Å². The quantitative estimate of drug-likeness (QED) is 0.620. The minimum absolute atomic E-state index is 0.0211. The molecule has 0 aromatic carbocycles. The van der Waals surface area contributed by atoms with Crippen LogP contribution in [0.4, 0.5) is 0 Å². The maximum Gasteiger partial charge on any atom is 0.315 e. The monoisotopic (exact) mass is 210 g/mol. The molecule has 3 aliphatic rings. The van der Waals surface area contributed by atoms with Crippen molar-refractivity contribution >= 4 is 5.97 Å². The molecule has 3 fully saturated rings. The number of carbonyl (C=O) groups is 1. The fourth-order valence-corrected chi connectivity index (χ4v) is 3.22. The van der Waals surface area contributed by atoms with E-state index in [4.69, 9.17) is 9.47 Å². The fraction of sp³-hybridized carbons (Fsp3) is 0.917. The topological polar surface area (TPSA) is 35.5 Å². The van der Waals surface area contributed by atoms with E-state index in [1.807, 2.05) is 20.8 Å². The molecule has 1 aliphatic carbocycles. The maximum atomic E-state index is 12.1. The fourth-order valence-electron chi connectivity index (χ4n) is 3.22. The van der Waals surface area contributed by atoms with Crippen LogP contribution < -0.4 is 0 Å². The van der Waals surface area contributed by atoms with Gasteiger partial charge in [-0.1, -0.05) is 0 Å². The summed E-state index contributed by atoms with van der Waals surface area (Å²) in [4.78, 5) is 12.1. The molecule has 2 bridgehead atoms. The van der Waals surface area contributed by atoms with E-state index in [0.29, 0.717) is 12.0 Å². The second-order valence-corrected chi connectivity index (χ2v) is 6.09. The SMILES string of the molecule is CC(C)(C)OC(=O)[C@]12CC1[C@@H]1CC[C@H]2O1. The number of ether oxygens (including phenoxy) is 2. The molecule has 15 heavy (non-hydrogen) atoms. The summed E-state index contributed by atoms with van der Waals surface area (Å²) >= 11 is 0. The highest BCUT2D eigenvalue weighted by Crippen LogP contribution is 2.69. The molecule has 0 radical (unpaired) electrons. The van der Waals surface area contributed by atoms with Gasteiger partial charge >= 0.3 is 5.97 Å². The minimum Gasteiger partial charge on any atom is -0.459 e. The van der Waals surface area contributed by atoms with E-state index in [1.165, 1.54) is 0 Å². The summed E-state index contributed by atoms with van der Waals surface area (Å²) in [6, 6.07) is 0. The molecule has 3 heteroatoms. The van der Waals surface area contributed by atoms with Crippen LogP contribution in [0.15, 0.2) is 0 Å². The first-order valence-electron chi connectivity index (χ1n) is 5.82. The Morgan fingerprint density at radius 3 is 2.67 bits per heavy atom. The Bertz CT molecular complexity index is 317. The van der Waals surface area contributed by atoms with Gasteiger partial charge in [0.1, 0.15) is 5.60 Å². The first kappa shape index (κ1) is 9.64. The number of carbonyl (C=O) groups excluding carboxylic acids is 1. The second kappa shape index (κ2) is 2.57. The lowest BCUT2D eigenvalue weighted by Crippen LogP contribution is -2.36. The molecular formula is C12H18O3. The van der Waals surface area contributed by atoms with Crippen LogP contribution in [-0.2, 0) is 14.3 Å². The summed E-state index contributed by atoms with van der Waals surface area (Å²) in [7, 11) is 0. The van der Waals surface area contributed by atoms with Crippen LogP contribution in [-0.4, -0.2) is 23.8 Å². The van der Waals surface area contributed by atoms with Gasteiger partial charge < -0.3 is 9.47 Å².